The van der Waals surface area contributed by atoms with Crippen LogP contribution in [0.15, 0.2) is 24.3 Å². The molecule has 0 saturated carbocycles. The largest absolute Gasteiger partial charge is 0.416 e. The molecule has 1 aromatic rings. The minimum atomic E-state index is -4.38. The van der Waals surface area contributed by atoms with E-state index in [0.29, 0.717) is 5.56 Å². The fraction of sp³-hybridized carbons (Fsp3) is 0.429. The second-order valence-corrected chi connectivity index (χ2v) is 4.38. The van der Waals surface area contributed by atoms with E-state index >= 15 is 0 Å². The maximum Gasteiger partial charge on any atom is 0.416 e. The number of hydrogen-bond acceptors (Lipinski definition) is 2. The molecular formula is C14H15F3O2. The van der Waals surface area contributed by atoms with Crippen molar-refractivity contribution in [1.82, 2.24) is 0 Å². The van der Waals surface area contributed by atoms with Crippen molar-refractivity contribution in [3.05, 3.63) is 35.4 Å². The Morgan fingerprint density at radius 2 is 1.68 bits per heavy atom. The first-order chi connectivity index (χ1) is 8.75. The van der Waals surface area contributed by atoms with Crippen molar-refractivity contribution in [2.45, 2.75) is 32.9 Å². The van der Waals surface area contributed by atoms with Crippen molar-refractivity contribution < 1.29 is 22.8 Å². The number of Topliss-reactive ketones (excluding diaryl/α,β-unsaturated/α-hetero) is 2. The molecule has 5 heteroatoms. The van der Waals surface area contributed by atoms with Gasteiger partial charge in [-0.25, -0.2) is 0 Å². The Labute approximate surface area is 109 Å². The van der Waals surface area contributed by atoms with Gasteiger partial charge in [0.1, 0.15) is 11.6 Å². The second-order valence-electron chi connectivity index (χ2n) is 4.38. The van der Waals surface area contributed by atoms with Crippen LogP contribution in [0.2, 0.25) is 0 Å². The smallest absolute Gasteiger partial charge is 0.299 e. The van der Waals surface area contributed by atoms with Crippen LogP contribution in [0.25, 0.3) is 0 Å². The lowest BCUT2D eigenvalue weighted by atomic mass is 9.90. The highest BCUT2D eigenvalue weighted by atomic mass is 19.4. The fourth-order valence-corrected chi connectivity index (χ4v) is 1.80. The van der Waals surface area contributed by atoms with Gasteiger partial charge in [-0.3, -0.25) is 9.59 Å². The summed E-state index contributed by atoms with van der Waals surface area (Å²) in [5, 5.41) is 0. The first kappa shape index (κ1) is 15.4. The van der Waals surface area contributed by atoms with E-state index in [0.717, 1.165) is 12.1 Å². The van der Waals surface area contributed by atoms with Crippen LogP contribution in [0.1, 0.15) is 31.4 Å². The SMILES string of the molecule is CCC(=O)C(Cc1ccc(C(F)(F)F)cc1)C(C)=O. The van der Waals surface area contributed by atoms with Gasteiger partial charge >= 0.3 is 6.18 Å². The summed E-state index contributed by atoms with van der Waals surface area (Å²) in [4.78, 5) is 23.0. The number of ketones is 2. The molecule has 1 atom stereocenters. The Morgan fingerprint density at radius 3 is 2.05 bits per heavy atom. The molecule has 0 aliphatic rings. The van der Waals surface area contributed by atoms with Crippen molar-refractivity contribution in [2.24, 2.45) is 5.92 Å². The van der Waals surface area contributed by atoms with Crippen LogP contribution < -0.4 is 0 Å². The van der Waals surface area contributed by atoms with Gasteiger partial charge < -0.3 is 0 Å². The van der Waals surface area contributed by atoms with E-state index < -0.39 is 17.7 Å². The molecular weight excluding hydrogens is 257 g/mol. The van der Waals surface area contributed by atoms with Crippen LogP contribution in [-0.4, -0.2) is 11.6 Å². The lowest BCUT2D eigenvalue weighted by Gasteiger charge is -2.12. The first-order valence-electron chi connectivity index (χ1n) is 5.95. The summed E-state index contributed by atoms with van der Waals surface area (Å²) in [5.74, 6) is -1.21. The highest BCUT2D eigenvalue weighted by molar-refractivity contribution is 6.01. The maximum absolute atomic E-state index is 12.4. The van der Waals surface area contributed by atoms with Gasteiger partial charge in [-0.05, 0) is 31.0 Å². The average molecular weight is 272 g/mol. The first-order valence-corrected chi connectivity index (χ1v) is 5.95. The third-order valence-electron chi connectivity index (χ3n) is 2.95. The number of alkyl halides is 3. The normalized spacial score (nSPS) is 13.1. The fourth-order valence-electron chi connectivity index (χ4n) is 1.80. The zero-order chi connectivity index (χ0) is 14.6. The van der Waals surface area contributed by atoms with E-state index in [1.165, 1.54) is 19.1 Å². The second kappa shape index (κ2) is 5.99. The number of rotatable bonds is 5. The number of carbonyl (C=O) groups excluding carboxylic acids is 2. The van der Waals surface area contributed by atoms with E-state index in [-0.39, 0.29) is 24.4 Å². The van der Waals surface area contributed by atoms with Crippen molar-refractivity contribution in [1.29, 1.82) is 0 Å². The molecule has 0 amide bonds. The minimum Gasteiger partial charge on any atom is -0.299 e. The van der Waals surface area contributed by atoms with Crippen LogP contribution in [0.3, 0.4) is 0 Å². The van der Waals surface area contributed by atoms with Gasteiger partial charge in [0.05, 0.1) is 11.5 Å². The standard InChI is InChI=1S/C14H15F3O2/c1-3-13(19)12(9(2)18)8-10-4-6-11(7-5-10)14(15,16)17/h4-7,12H,3,8H2,1-2H3. The van der Waals surface area contributed by atoms with Crippen molar-refractivity contribution in [3.63, 3.8) is 0 Å². The number of hydrogen-bond donors (Lipinski definition) is 0. The quantitative estimate of drug-likeness (QED) is 0.769. The molecule has 0 fully saturated rings. The predicted octanol–water partition coefficient (Wildman–Crippen LogP) is 3.43. The molecule has 0 saturated heterocycles. The van der Waals surface area contributed by atoms with E-state index in [2.05, 4.69) is 0 Å². The highest BCUT2D eigenvalue weighted by Gasteiger charge is 2.30. The van der Waals surface area contributed by atoms with E-state index in [1.54, 1.807) is 6.92 Å². The van der Waals surface area contributed by atoms with Crippen molar-refractivity contribution in [2.75, 3.05) is 0 Å². The van der Waals surface area contributed by atoms with Crippen molar-refractivity contribution in [3.8, 4) is 0 Å². The Kier molecular flexibility index (Phi) is 4.86. The van der Waals surface area contributed by atoms with Gasteiger partial charge in [0.2, 0.25) is 0 Å². The molecule has 1 aromatic carbocycles. The molecule has 0 spiro atoms. The van der Waals surface area contributed by atoms with Gasteiger partial charge in [0.25, 0.3) is 0 Å². The number of halogens is 3. The molecule has 0 aliphatic carbocycles. The van der Waals surface area contributed by atoms with Crippen LogP contribution >= 0.6 is 0 Å². The monoisotopic (exact) mass is 272 g/mol. The lowest BCUT2D eigenvalue weighted by Crippen LogP contribution is -2.23. The summed E-state index contributed by atoms with van der Waals surface area (Å²) < 4.78 is 37.2. The van der Waals surface area contributed by atoms with Gasteiger partial charge in [-0.15, -0.1) is 0 Å². The molecule has 0 aromatic heterocycles. The topological polar surface area (TPSA) is 34.1 Å². The maximum atomic E-state index is 12.4. The van der Waals surface area contributed by atoms with Crippen LogP contribution in [0.5, 0.6) is 0 Å². The molecule has 2 nitrogen and oxygen atoms in total. The summed E-state index contributed by atoms with van der Waals surface area (Å²) in [7, 11) is 0. The van der Waals surface area contributed by atoms with Gasteiger partial charge in [-0.1, -0.05) is 19.1 Å². The summed E-state index contributed by atoms with van der Waals surface area (Å²) >= 11 is 0. The molecule has 0 radical (unpaired) electrons. The zero-order valence-corrected chi connectivity index (χ0v) is 10.8. The molecule has 104 valence electrons. The third-order valence-corrected chi connectivity index (χ3v) is 2.95. The zero-order valence-electron chi connectivity index (χ0n) is 10.8. The van der Waals surface area contributed by atoms with Gasteiger partial charge in [0, 0.05) is 6.42 Å². The molecule has 1 unspecified atom stereocenters. The Morgan fingerprint density at radius 1 is 1.16 bits per heavy atom. The molecule has 0 heterocycles. The van der Waals surface area contributed by atoms with Crippen LogP contribution in [0.4, 0.5) is 13.2 Å². The Balaban J connectivity index is 2.87. The summed E-state index contributed by atoms with van der Waals surface area (Å²) in [6, 6.07) is 4.54. The lowest BCUT2D eigenvalue weighted by molar-refractivity contribution is -0.137. The number of benzene rings is 1. The molecule has 19 heavy (non-hydrogen) atoms. The van der Waals surface area contributed by atoms with Gasteiger partial charge in [-0.2, -0.15) is 13.2 Å². The third kappa shape index (κ3) is 4.19. The molecule has 0 aliphatic heterocycles. The molecule has 0 bridgehead atoms. The molecule has 0 N–H and O–H groups in total. The van der Waals surface area contributed by atoms with Crippen molar-refractivity contribution >= 4 is 11.6 Å². The molecule has 1 rings (SSSR count). The van der Waals surface area contributed by atoms with Gasteiger partial charge in [0.15, 0.2) is 0 Å². The predicted molar refractivity (Wildman–Crippen MR) is 64.6 cm³/mol. The summed E-state index contributed by atoms with van der Waals surface area (Å²) in [6.07, 6.45) is -3.98. The van der Waals surface area contributed by atoms with Crippen LogP contribution in [0, 0.1) is 5.92 Å². The minimum absolute atomic E-state index is 0.153. The Hall–Kier alpha value is -1.65. The van der Waals surface area contributed by atoms with E-state index in [1.807, 2.05) is 0 Å². The Bertz CT molecular complexity index is 461. The van der Waals surface area contributed by atoms with E-state index in [9.17, 15) is 22.8 Å². The average Bonchev–Trinajstić information content (AvgIpc) is 2.34. The number of carbonyl (C=O) groups is 2. The van der Waals surface area contributed by atoms with E-state index in [4.69, 9.17) is 0 Å². The highest BCUT2D eigenvalue weighted by Crippen LogP contribution is 2.29. The summed E-state index contributed by atoms with van der Waals surface area (Å²) in [5.41, 5.74) is -0.188. The summed E-state index contributed by atoms with van der Waals surface area (Å²) in [6.45, 7) is 2.98. The van der Waals surface area contributed by atoms with Crippen LogP contribution in [-0.2, 0) is 22.2 Å².